The Morgan fingerprint density at radius 2 is 1.79 bits per heavy atom. The van der Waals surface area contributed by atoms with Gasteiger partial charge in [-0.15, -0.1) is 0 Å². The van der Waals surface area contributed by atoms with Crippen LogP contribution < -0.4 is 10.6 Å². The number of rotatable bonds is 7. The maximum atomic E-state index is 5.87. The van der Waals surface area contributed by atoms with Crippen LogP contribution in [0.4, 0.5) is 11.9 Å². The summed E-state index contributed by atoms with van der Waals surface area (Å²) in [7, 11) is 5.85. The highest BCUT2D eigenvalue weighted by Crippen LogP contribution is 2.13. The summed E-state index contributed by atoms with van der Waals surface area (Å²) in [6.45, 7) is 5.31. The first-order valence-corrected chi connectivity index (χ1v) is 6.79. The molecule has 0 bridgehead atoms. The van der Waals surface area contributed by atoms with Gasteiger partial charge in [0.05, 0.1) is 0 Å². The first kappa shape index (κ1) is 15.9. The quantitative estimate of drug-likeness (QED) is 0.799. The molecule has 0 saturated heterocycles. The van der Waals surface area contributed by atoms with Crippen LogP contribution in [0.2, 0.25) is 5.28 Å². The Morgan fingerprint density at radius 3 is 2.32 bits per heavy atom. The van der Waals surface area contributed by atoms with Gasteiger partial charge in [-0.25, -0.2) is 0 Å². The van der Waals surface area contributed by atoms with Crippen LogP contribution in [-0.2, 0) is 0 Å². The van der Waals surface area contributed by atoms with Gasteiger partial charge in [-0.05, 0) is 38.0 Å². The molecule has 1 unspecified atom stereocenters. The van der Waals surface area contributed by atoms with Crippen molar-refractivity contribution in [2.75, 3.05) is 38.3 Å². The SMILES string of the molecule is CNc1nc(Cl)nc(NC(CC(C)C)CN(C)C)n1. The third-order valence-corrected chi connectivity index (χ3v) is 2.68. The molecule has 0 fully saturated rings. The first-order valence-electron chi connectivity index (χ1n) is 6.41. The second-order valence-electron chi connectivity index (χ2n) is 5.23. The lowest BCUT2D eigenvalue weighted by Gasteiger charge is -2.24. The molecule has 1 aromatic heterocycles. The smallest absolute Gasteiger partial charge is 0.229 e. The summed E-state index contributed by atoms with van der Waals surface area (Å²) >= 11 is 5.87. The summed E-state index contributed by atoms with van der Waals surface area (Å²) in [6, 6.07) is 0.276. The molecule has 2 N–H and O–H groups in total. The Labute approximate surface area is 120 Å². The van der Waals surface area contributed by atoms with E-state index in [9.17, 15) is 0 Å². The summed E-state index contributed by atoms with van der Waals surface area (Å²) in [5, 5.41) is 6.38. The fourth-order valence-corrected chi connectivity index (χ4v) is 2.06. The number of halogens is 1. The summed E-state index contributed by atoms with van der Waals surface area (Å²) < 4.78 is 0. The lowest BCUT2D eigenvalue weighted by Crippen LogP contribution is -2.34. The minimum absolute atomic E-state index is 0.190. The molecule has 1 aromatic rings. The summed E-state index contributed by atoms with van der Waals surface area (Å²) in [4.78, 5) is 14.5. The van der Waals surface area contributed by atoms with E-state index < -0.39 is 0 Å². The number of likely N-dealkylation sites (N-methyl/N-ethyl adjacent to an activating group) is 1. The second kappa shape index (κ2) is 7.45. The van der Waals surface area contributed by atoms with Gasteiger partial charge in [-0.2, -0.15) is 15.0 Å². The van der Waals surface area contributed by atoms with E-state index in [4.69, 9.17) is 11.6 Å². The van der Waals surface area contributed by atoms with E-state index in [0.29, 0.717) is 17.8 Å². The van der Waals surface area contributed by atoms with E-state index in [0.717, 1.165) is 13.0 Å². The monoisotopic (exact) mass is 286 g/mol. The van der Waals surface area contributed by atoms with Crippen LogP contribution >= 0.6 is 11.6 Å². The van der Waals surface area contributed by atoms with Crippen molar-refractivity contribution in [3.8, 4) is 0 Å². The normalized spacial score (nSPS) is 12.8. The molecule has 0 aliphatic carbocycles. The number of anilines is 2. The topological polar surface area (TPSA) is 66.0 Å². The highest BCUT2D eigenvalue weighted by Gasteiger charge is 2.14. The molecule has 1 rings (SSSR count). The number of nitrogens with one attached hydrogen (secondary N) is 2. The highest BCUT2D eigenvalue weighted by atomic mass is 35.5. The molecular formula is C12H23ClN6. The van der Waals surface area contributed by atoms with Gasteiger partial charge in [-0.3, -0.25) is 0 Å². The van der Waals surface area contributed by atoms with Gasteiger partial charge in [0.25, 0.3) is 0 Å². The van der Waals surface area contributed by atoms with Gasteiger partial charge in [-0.1, -0.05) is 13.8 Å². The molecule has 6 nitrogen and oxygen atoms in total. The molecule has 0 aliphatic rings. The predicted molar refractivity (Wildman–Crippen MR) is 79.8 cm³/mol. The number of nitrogens with zero attached hydrogens (tertiary/aromatic N) is 4. The Bertz CT molecular complexity index is 386. The van der Waals surface area contributed by atoms with E-state index in [2.05, 4.69) is 58.4 Å². The van der Waals surface area contributed by atoms with Crippen molar-refractivity contribution in [1.29, 1.82) is 0 Å². The average molecular weight is 287 g/mol. The molecule has 0 amide bonds. The zero-order chi connectivity index (χ0) is 14.4. The van der Waals surface area contributed by atoms with Crippen LogP contribution in [0, 0.1) is 5.92 Å². The standard InChI is InChI=1S/C12H23ClN6/c1-8(2)6-9(7-19(4)5)15-12-17-10(13)16-11(14-3)18-12/h8-9H,6-7H2,1-5H3,(H2,14,15,16,17,18). The first-order chi connectivity index (χ1) is 8.90. The average Bonchev–Trinajstić information content (AvgIpc) is 2.26. The van der Waals surface area contributed by atoms with Crippen LogP contribution in [0.25, 0.3) is 0 Å². The molecule has 7 heteroatoms. The second-order valence-corrected chi connectivity index (χ2v) is 5.57. The largest absolute Gasteiger partial charge is 0.357 e. The lowest BCUT2D eigenvalue weighted by molar-refractivity contribution is 0.355. The van der Waals surface area contributed by atoms with E-state index in [1.807, 2.05) is 0 Å². The van der Waals surface area contributed by atoms with Crippen LogP contribution in [0.5, 0.6) is 0 Å². The maximum Gasteiger partial charge on any atom is 0.229 e. The Hall–Kier alpha value is -1.14. The summed E-state index contributed by atoms with van der Waals surface area (Å²) in [6.07, 6.45) is 1.04. The molecule has 0 saturated carbocycles. The Kier molecular flexibility index (Phi) is 6.24. The van der Waals surface area contributed by atoms with Crippen molar-refractivity contribution in [3.63, 3.8) is 0 Å². The zero-order valence-corrected chi connectivity index (χ0v) is 13.0. The van der Waals surface area contributed by atoms with Crippen LogP contribution in [0.3, 0.4) is 0 Å². The third-order valence-electron chi connectivity index (χ3n) is 2.51. The minimum atomic E-state index is 0.190. The molecule has 0 aliphatic heterocycles. The highest BCUT2D eigenvalue weighted by molar-refractivity contribution is 6.28. The van der Waals surface area contributed by atoms with Crippen molar-refractivity contribution in [2.24, 2.45) is 5.92 Å². The molecule has 108 valence electrons. The number of hydrogen-bond acceptors (Lipinski definition) is 6. The lowest BCUT2D eigenvalue weighted by atomic mass is 10.0. The van der Waals surface area contributed by atoms with Gasteiger partial charge >= 0.3 is 0 Å². The molecule has 0 aromatic carbocycles. The molecule has 19 heavy (non-hydrogen) atoms. The summed E-state index contributed by atoms with van der Waals surface area (Å²) in [5.74, 6) is 1.58. The predicted octanol–water partition coefficient (Wildman–Crippen LogP) is 1.95. The van der Waals surface area contributed by atoms with Crippen LogP contribution in [0.1, 0.15) is 20.3 Å². The van der Waals surface area contributed by atoms with Crippen molar-refractivity contribution in [1.82, 2.24) is 19.9 Å². The van der Waals surface area contributed by atoms with E-state index >= 15 is 0 Å². The Balaban J connectivity index is 2.79. The van der Waals surface area contributed by atoms with Gasteiger partial charge < -0.3 is 15.5 Å². The van der Waals surface area contributed by atoms with Crippen molar-refractivity contribution >= 4 is 23.5 Å². The zero-order valence-electron chi connectivity index (χ0n) is 12.2. The summed E-state index contributed by atoms with van der Waals surface area (Å²) in [5.41, 5.74) is 0. The Morgan fingerprint density at radius 1 is 1.16 bits per heavy atom. The van der Waals surface area contributed by atoms with Gasteiger partial charge in [0.1, 0.15) is 0 Å². The fraction of sp³-hybridized carbons (Fsp3) is 0.750. The van der Waals surface area contributed by atoms with E-state index in [1.54, 1.807) is 7.05 Å². The molecular weight excluding hydrogens is 264 g/mol. The van der Waals surface area contributed by atoms with Crippen LogP contribution in [-0.4, -0.2) is 53.6 Å². The van der Waals surface area contributed by atoms with Crippen molar-refractivity contribution in [2.45, 2.75) is 26.3 Å². The molecule has 1 atom stereocenters. The van der Waals surface area contributed by atoms with Crippen LogP contribution in [0.15, 0.2) is 0 Å². The molecule has 0 spiro atoms. The maximum absolute atomic E-state index is 5.87. The fourth-order valence-electron chi connectivity index (χ4n) is 1.90. The van der Waals surface area contributed by atoms with Crippen molar-refractivity contribution in [3.05, 3.63) is 5.28 Å². The van der Waals surface area contributed by atoms with Gasteiger partial charge in [0.15, 0.2) is 0 Å². The van der Waals surface area contributed by atoms with Crippen molar-refractivity contribution < 1.29 is 0 Å². The van der Waals surface area contributed by atoms with Gasteiger partial charge in [0, 0.05) is 19.6 Å². The molecule has 1 heterocycles. The van der Waals surface area contributed by atoms with E-state index in [1.165, 1.54) is 0 Å². The number of aromatic nitrogens is 3. The van der Waals surface area contributed by atoms with E-state index in [-0.39, 0.29) is 11.3 Å². The number of hydrogen-bond donors (Lipinski definition) is 2. The minimum Gasteiger partial charge on any atom is -0.357 e. The van der Waals surface area contributed by atoms with Gasteiger partial charge in [0.2, 0.25) is 17.2 Å². The third kappa shape index (κ3) is 6.02. The molecule has 0 radical (unpaired) electrons.